The first-order valence-corrected chi connectivity index (χ1v) is 6.37. The average molecular weight is 306 g/mol. The maximum atomic E-state index is 6.18. The number of fused-ring (bicyclic) bond motifs is 1. The second kappa shape index (κ2) is 6.07. The van der Waals surface area contributed by atoms with Gasteiger partial charge in [-0.1, -0.05) is 41.9 Å². The molecule has 1 N–H and O–H groups in total. The van der Waals surface area contributed by atoms with Gasteiger partial charge in [0.05, 0.1) is 5.52 Å². The molecule has 1 aromatic heterocycles. The molecule has 0 atom stereocenters. The third-order valence-corrected chi connectivity index (χ3v) is 3.24. The summed E-state index contributed by atoms with van der Waals surface area (Å²) in [4.78, 5) is 8.75. The Morgan fingerprint density at radius 3 is 2.45 bits per heavy atom. The summed E-state index contributed by atoms with van der Waals surface area (Å²) in [6.45, 7) is 2.03. The minimum Gasteiger partial charge on any atom is -0.324 e. The third-order valence-electron chi connectivity index (χ3n) is 2.95. The SMILES string of the molecule is Cc1ccccc1Nc1nc(Cl)c2ccccc2n1.Cl. The predicted molar refractivity (Wildman–Crippen MR) is 86.3 cm³/mol. The molecule has 3 rings (SSSR count). The van der Waals surface area contributed by atoms with Crippen LogP contribution in [0.1, 0.15) is 5.56 Å². The van der Waals surface area contributed by atoms with Gasteiger partial charge in [-0.2, -0.15) is 0 Å². The highest BCUT2D eigenvalue weighted by Gasteiger charge is 2.06. The third kappa shape index (κ3) is 2.84. The van der Waals surface area contributed by atoms with Crippen LogP contribution in [0.25, 0.3) is 10.9 Å². The largest absolute Gasteiger partial charge is 0.324 e. The van der Waals surface area contributed by atoms with Gasteiger partial charge < -0.3 is 5.32 Å². The Balaban J connectivity index is 0.00000147. The van der Waals surface area contributed by atoms with Gasteiger partial charge >= 0.3 is 0 Å². The number of hydrogen-bond acceptors (Lipinski definition) is 3. The van der Waals surface area contributed by atoms with Crippen molar-refractivity contribution in [2.24, 2.45) is 0 Å². The lowest BCUT2D eigenvalue weighted by atomic mass is 10.2. The average Bonchev–Trinajstić information content (AvgIpc) is 2.42. The highest BCUT2D eigenvalue weighted by atomic mass is 35.5. The van der Waals surface area contributed by atoms with Crippen LogP contribution in [-0.4, -0.2) is 9.97 Å². The second-order valence-electron chi connectivity index (χ2n) is 4.30. The first-order valence-electron chi connectivity index (χ1n) is 5.99. The van der Waals surface area contributed by atoms with Crippen molar-refractivity contribution in [2.75, 3.05) is 5.32 Å². The molecule has 0 aliphatic carbocycles. The molecule has 5 heteroatoms. The van der Waals surface area contributed by atoms with E-state index in [-0.39, 0.29) is 12.4 Å². The number of nitrogens with one attached hydrogen (secondary N) is 1. The summed E-state index contributed by atoms with van der Waals surface area (Å²) in [6, 6.07) is 15.7. The minimum absolute atomic E-state index is 0. The van der Waals surface area contributed by atoms with Gasteiger partial charge in [0, 0.05) is 11.1 Å². The normalized spacial score (nSPS) is 10.1. The Morgan fingerprint density at radius 2 is 1.65 bits per heavy atom. The number of aromatic nitrogens is 2. The zero-order valence-electron chi connectivity index (χ0n) is 10.8. The molecule has 0 saturated carbocycles. The van der Waals surface area contributed by atoms with E-state index >= 15 is 0 Å². The summed E-state index contributed by atoms with van der Waals surface area (Å²) in [5, 5.41) is 4.52. The van der Waals surface area contributed by atoms with E-state index in [4.69, 9.17) is 11.6 Å². The zero-order chi connectivity index (χ0) is 13.2. The number of rotatable bonds is 2. The molecule has 0 unspecified atom stereocenters. The lowest BCUT2D eigenvalue weighted by Gasteiger charge is -2.09. The van der Waals surface area contributed by atoms with Crippen LogP contribution in [0.4, 0.5) is 11.6 Å². The van der Waals surface area contributed by atoms with Crippen molar-refractivity contribution in [1.29, 1.82) is 0 Å². The van der Waals surface area contributed by atoms with Crippen molar-refractivity contribution in [1.82, 2.24) is 9.97 Å². The van der Waals surface area contributed by atoms with E-state index in [2.05, 4.69) is 15.3 Å². The molecule has 20 heavy (non-hydrogen) atoms. The number of hydrogen-bond donors (Lipinski definition) is 1. The molecule has 0 aliphatic heterocycles. The van der Waals surface area contributed by atoms with Gasteiger partial charge in [0.2, 0.25) is 5.95 Å². The Hall–Kier alpha value is -1.84. The van der Waals surface area contributed by atoms with Crippen LogP contribution in [0, 0.1) is 6.92 Å². The van der Waals surface area contributed by atoms with E-state index in [1.807, 2.05) is 55.5 Å². The van der Waals surface area contributed by atoms with Crippen molar-refractivity contribution in [3.63, 3.8) is 0 Å². The summed E-state index contributed by atoms with van der Waals surface area (Å²) in [5.74, 6) is 0.512. The Bertz CT molecular complexity index is 744. The number of para-hydroxylation sites is 2. The maximum Gasteiger partial charge on any atom is 0.229 e. The molecule has 1 heterocycles. The van der Waals surface area contributed by atoms with E-state index in [9.17, 15) is 0 Å². The van der Waals surface area contributed by atoms with E-state index in [0.29, 0.717) is 11.1 Å². The summed E-state index contributed by atoms with van der Waals surface area (Å²) in [7, 11) is 0. The fraction of sp³-hybridized carbons (Fsp3) is 0.0667. The lowest BCUT2D eigenvalue weighted by molar-refractivity contribution is 1.21. The van der Waals surface area contributed by atoms with Gasteiger partial charge in [0.25, 0.3) is 0 Å². The number of halogens is 2. The van der Waals surface area contributed by atoms with Crippen LogP contribution in [0.5, 0.6) is 0 Å². The van der Waals surface area contributed by atoms with Crippen LogP contribution in [0.2, 0.25) is 5.15 Å². The fourth-order valence-electron chi connectivity index (χ4n) is 1.93. The first kappa shape index (κ1) is 14.6. The van der Waals surface area contributed by atoms with Crippen LogP contribution in [0.3, 0.4) is 0 Å². The summed E-state index contributed by atoms with van der Waals surface area (Å²) in [6.07, 6.45) is 0. The molecule has 0 amide bonds. The number of anilines is 2. The van der Waals surface area contributed by atoms with E-state index < -0.39 is 0 Å². The molecule has 0 bridgehead atoms. The number of benzene rings is 2. The summed E-state index contributed by atoms with van der Waals surface area (Å²) in [5.41, 5.74) is 2.95. The standard InChI is InChI=1S/C15H12ClN3.ClH/c1-10-6-2-4-8-12(10)17-15-18-13-9-5-3-7-11(13)14(16)19-15;/h2-9H,1H3,(H,17,18,19);1H. The maximum absolute atomic E-state index is 6.18. The molecule has 0 radical (unpaired) electrons. The van der Waals surface area contributed by atoms with E-state index in [1.165, 1.54) is 0 Å². The highest BCUT2D eigenvalue weighted by molar-refractivity contribution is 6.34. The molecule has 0 fully saturated rings. The Labute approximate surface area is 128 Å². The summed E-state index contributed by atoms with van der Waals surface area (Å²) >= 11 is 6.18. The fourth-order valence-corrected chi connectivity index (χ4v) is 2.17. The topological polar surface area (TPSA) is 37.8 Å². The molecule has 0 aliphatic rings. The van der Waals surface area contributed by atoms with Crippen molar-refractivity contribution < 1.29 is 0 Å². The molecule has 102 valence electrons. The first-order chi connectivity index (χ1) is 9.24. The smallest absolute Gasteiger partial charge is 0.229 e. The van der Waals surface area contributed by atoms with Crippen LogP contribution >= 0.6 is 24.0 Å². The van der Waals surface area contributed by atoms with Crippen LogP contribution in [-0.2, 0) is 0 Å². The molecule has 3 nitrogen and oxygen atoms in total. The van der Waals surface area contributed by atoms with Crippen molar-refractivity contribution in [3.8, 4) is 0 Å². The van der Waals surface area contributed by atoms with Crippen LogP contribution in [0.15, 0.2) is 48.5 Å². The van der Waals surface area contributed by atoms with Gasteiger partial charge in [0.1, 0.15) is 5.15 Å². The van der Waals surface area contributed by atoms with Crippen molar-refractivity contribution in [3.05, 3.63) is 59.2 Å². The monoisotopic (exact) mass is 305 g/mol. The van der Waals surface area contributed by atoms with Gasteiger partial charge in [-0.05, 0) is 30.7 Å². The molecule has 2 aromatic carbocycles. The van der Waals surface area contributed by atoms with Gasteiger partial charge in [0.15, 0.2) is 0 Å². The highest BCUT2D eigenvalue weighted by Crippen LogP contribution is 2.24. The predicted octanol–water partition coefficient (Wildman–Crippen LogP) is 4.76. The number of nitrogens with zero attached hydrogens (tertiary/aromatic N) is 2. The molecular formula is C15H13Cl2N3. The zero-order valence-corrected chi connectivity index (χ0v) is 12.4. The van der Waals surface area contributed by atoms with Gasteiger partial charge in [-0.3, -0.25) is 0 Å². The van der Waals surface area contributed by atoms with E-state index in [0.717, 1.165) is 22.2 Å². The van der Waals surface area contributed by atoms with E-state index in [1.54, 1.807) is 0 Å². The van der Waals surface area contributed by atoms with Crippen molar-refractivity contribution in [2.45, 2.75) is 6.92 Å². The quantitative estimate of drug-likeness (QED) is 0.694. The second-order valence-corrected chi connectivity index (χ2v) is 4.65. The molecule has 0 spiro atoms. The lowest BCUT2D eigenvalue weighted by Crippen LogP contribution is -1.99. The minimum atomic E-state index is 0. The molecule has 0 saturated heterocycles. The number of aryl methyl sites for hydroxylation is 1. The molecule has 3 aromatic rings. The molecular weight excluding hydrogens is 293 g/mol. The Kier molecular flexibility index (Phi) is 4.42. The van der Waals surface area contributed by atoms with Crippen LogP contribution < -0.4 is 5.32 Å². The van der Waals surface area contributed by atoms with Crippen molar-refractivity contribution >= 4 is 46.5 Å². The Morgan fingerprint density at radius 1 is 0.950 bits per heavy atom. The van der Waals surface area contributed by atoms with Gasteiger partial charge in [-0.15, -0.1) is 12.4 Å². The summed E-state index contributed by atoms with van der Waals surface area (Å²) < 4.78 is 0. The van der Waals surface area contributed by atoms with Gasteiger partial charge in [-0.25, -0.2) is 9.97 Å².